The predicted molar refractivity (Wildman–Crippen MR) is 95.9 cm³/mol. The number of nitrogens with zero attached hydrogens (tertiary/aromatic N) is 1. The molecule has 126 valence electrons. The Labute approximate surface area is 144 Å². The monoisotopic (exact) mass is 346 g/mol. The number of hydrogen-bond donors (Lipinski definition) is 1. The molecule has 6 heteroatoms. The van der Waals surface area contributed by atoms with Crippen molar-refractivity contribution >= 4 is 30.1 Å². The van der Waals surface area contributed by atoms with Gasteiger partial charge in [-0.15, -0.1) is 24.2 Å². The molecule has 0 bridgehead atoms. The lowest BCUT2D eigenvalue weighted by molar-refractivity contribution is -0.134. The highest BCUT2D eigenvalue weighted by Gasteiger charge is 2.29. The molecule has 0 fully saturated rings. The molecule has 0 aliphatic carbocycles. The average Bonchev–Trinajstić information content (AvgIpc) is 2.44. The summed E-state index contributed by atoms with van der Waals surface area (Å²) < 4.78 is 5.37. The number of carbonyl (C=O) groups is 1. The molecule has 1 atom stereocenters. The maximum Gasteiger partial charge on any atom is 0.240 e. The van der Waals surface area contributed by atoms with Gasteiger partial charge in [-0.3, -0.25) is 4.79 Å². The standard InChI is InChI=1S/C16H26N2O2S.ClH/c1-16(2,3)14(17)15(19)18(4)10-11-7-8-13(21-6)12(9-11)20-5;/h7-9,14H,10,17H2,1-6H3;1H/t14-;/m1./s1. The number of ether oxygens (including phenoxy) is 1. The highest BCUT2D eigenvalue weighted by atomic mass is 35.5. The molecule has 0 aromatic heterocycles. The predicted octanol–water partition coefficient (Wildman–Crippen LogP) is 3.17. The Bertz CT molecular complexity index is 503. The first-order chi connectivity index (χ1) is 9.70. The van der Waals surface area contributed by atoms with Gasteiger partial charge in [-0.2, -0.15) is 0 Å². The van der Waals surface area contributed by atoms with E-state index in [2.05, 4.69) is 0 Å². The van der Waals surface area contributed by atoms with E-state index in [1.54, 1.807) is 30.8 Å². The van der Waals surface area contributed by atoms with Gasteiger partial charge in [0.15, 0.2) is 0 Å². The number of carbonyl (C=O) groups excluding carboxylic acids is 1. The van der Waals surface area contributed by atoms with Crippen LogP contribution in [0.25, 0.3) is 0 Å². The lowest BCUT2D eigenvalue weighted by Crippen LogP contribution is -2.48. The van der Waals surface area contributed by atoms with Gasteiger partial charge in [0.25, 0.3) is 0 Å². The first-order valence-corrected chi connectivity index (χ1v) is 8.14. The molecule has 1 rings (SSSR count). The zero-order valence-electron chi connectivity index (χ0n) is 14.2. The third-order valence-corrected chi connectivity index (χ3v) is 4.22. The van der Waals surface area contributed by atoms with Crippen LogP contribution in [0.5, 0.6) is 5.75 Å². The van der Waals surface area contributed by atoms with E-state index in [9.17, 15) is 4.79 Å². The minimum atomic E-state index is -0.505. The number of methoxy groups -OCH3 is 1. The highest BCUT2D eigenvalue weighted by molar-refractivity contribution is 7.98. The summed E-state index contributed by atoms with van der Waals surface area (Å²) in [5, 5.41) is 0. The van der Waals surface area contributed by atoms with Gasteiger partial charge in [-0.25, -0.2) is 0 Å². The second-order valence-electron chi connectivity index (χ2n) is 6.23. The smallest absolute Gasteiger partial charge is 0.240 e. The summed E-state index contributed by atoms with van der Waals surface area (Å²) >= 11 is 1.64. The SMILES string of the molecule is COc1cc(CN(C)C(=O)[C@@H](N)C(C)(C)C)ccc1SC.Cl. The van der Waals surface area contributed by atoms with Crippen LogP contribution < -0.4 is 10.5 Å². The molecule has 1 amide bonds. The van der Waals surface area contributed by atoms with Crippen molar-refractivity contribution in [2.75, 3.05) is 20.4 Å². The summed E-state index contributed by atoms with van der Waals surface area (Å²) in [6.07, 6.45) is 2.01. The van der Waals surface area contributed by atoms with Gasteiger partial charge in [0.1, 0.15) is 5.75 Å². The van der Waals surface area contributed by atoms with E-state index in [1.807, 2.05) is 45.2 Å². The Morgan fingerprint density at radius 1 is 1.41 bits per heavy atom. The Hall–Kier alpha value is -0.910. The first-order valence-electron chi connectivity index (χ1n) is 6.92. The molecule has 22 heavy (non-hydrogen) atoms. The summed E-state index contributed by atoms with van der Waals surface area (Å²) in [6, 6.07) is 5.50. The normalized spacial score (nSPS) is 12.3. The van der Waals surface area contributed by atoms with Crippen molar-refractivity contribution < 1.29 is 9.53 Å². The molecular formula is C16H27ClN2O2S. The van der Waals surface area contributed by atoms with Crippen LogP contribution in [0.4, 0.5) is 0 Å². The zero-order valence-corrected chi connectivity index (χ0v) is 15.8. The number of halogens is 1. The van der Waals surface area contributed by atoms with E-state index in [-0.39, 0.29) is 23.7 Å². The number of hydrogen-bond acceptors (Lipinski definition) is 4. The van der Waals surface area contributed by atoms with Crippen molar-refractivity contribution in [3.8, 4) is 5.75 Å². The number of likely N-dealkylation sites (N-methyl/N-ethyl adjacent to an activating group) is 1. The molecule has 0 saturated heterocycles. The van der Waals surface area contributed by atoms with E-state index in [0.717, 1.165) is 16.2 Å². The fourth-order valence-corrected chi connectivity index (χ4v) is 2.49. The molecule has 0 radical (unpaired) electrons. The van der Waals surface area contributed by atoms with Gasteiger partial charge >= 0.3 is 0 Å². The molecule has 0 heterocycles. The minimum Gasteiger partial charge on any atom is -0.496 e. The van der Waals surface area contributed by atoms with E-state index < -0.39 is 6.04 Å². The largest absolute Gasteiger partial charge is 0.496 e. The lowest BCUT2D eigenvalue weighted by atomic mass is 9.86. The van der Waals surface area contributed by atoms with E-state index in [1.165, 1.54) is 0 Å². The van der Waals surface area contributed by atoms with E-state index >= 15 is 0 Å². The van der Waals surface area contributed by atoms with Gasteiger partial charge in [0.2, 0.25) is 5.91 Å². The Morgan fingerprint density at radius 3 is 2.45 bits per heavy atom. The van der Waals surface area contributed by atoms with Crippen molar-refractivity contribution in [2.45, 2.75) is 38.3 Å². The number of rotatable bonds is 5. The second kappa shape index (κ2) is 8.65. The molecule has 2 N–H and O–H groups in total. The highest BCUT2D eigenvalue weighted by Crippen LogP contribution is 2.29. The summed E-state index contributed by atoms with van der Waals surface area (Å²) in [6.45, 7) is 6.44. The van der Waals surface area contributed by atoms with Crippen LogP contribution in [0.2, 0.25) is 0 Å². The molecule has 0 spiro atoms. The fourth-order valence-electron chi connectivity index (χ4n) is 1.94. The van der Waals surface area contributed by atoms with Gasteiger partial charge in [0, 0.05) is 18.5 Å². The van der Waals surface area contributed by atoms with Crippen molar-refractivity contribution in [2.24, 2.45) is 11.1 Å². The summed E-state index contributed by atoms with van der Waals surface area (Å²) in [5.41, 5.74) is 6.82. The topological polar surface area (TPSA) is 55.6 Å². The van der Waals surface area contributed by atoms with Crippen LogP contribution in [0, 0.1) is 5.41 Å². The summed E-state index contributed by atoms with van der Waals surface area (Å²) in [7, 11) is 3.44. The van der Waals surface area contributed by atoms with Gasteiger partial charge in [-0.05, 0) is 29.4 Å². The molecule has 0 saturated carbocycles. The lowest BCUT2D eigenvalue weighted by Gasteiger charge is -2.30. The van der Waals surface area contributed by atoms with Gasteiger partial charge in [0.05, 0.1) is 13.2 Å². The van der Waals surface area contributed by atoms with Crippen molar-refractivity contribution in [1.29, 1.82) is 0 Å². The van der Waals surface area contributed by atoms with Crippen LogP contribution in [-0.4, -0.2) is 37.3 Å². The molecule has 4 nitrogen and oxygen atoms in total. The quantitative estimate of drug-likeness (QED) is 0.832. The van der Waals surface area contributed by atoms with Gasteiger partial charge < -0.3 is 15.4 Å². The van der Waals surface area contributed by atoms with Crippen LogP contribution in [0.1, 0.15) is 26.3 Å². The number of amides is 1. The van der Waals surface area contributed by atoms with E-state index in [4.69, 9.17) is 10.5 Å². The maximum atomic E-state index is 12.3. The second-order valence-corrected chi connectivity index (χ2v) is 7.08. The fraction of sp³-hybridized carbons (Fsp3) is 0.562. The molecule has 0 aliphatic rings. The third kappa shape index (κ3) is 5.38. The molecular weight excluding hydrogens is 320 g/mol. The molecule has 0 aliphatic heterocycles. The third-order valence-electron chi connectivity index (χ3n) is 3.44. The molecule has 1 aromatic rings. The Balaban J connectivity index is 0.00000441. The van der Waals surface area contributed by atoms with Crippen LogP contribution in [-0.2, 0) is 11.3 Å². The number of nitrogens with two attached hydrogens (primary N) is 1. The van der Waals surface area contributed by atoms with Crippen LogP contribution in [0.3, 0.4) is 0 Å². The molecule has 1 aromatic carbocycles. The first kappa shape index (κ1) is 21.1. The Kier molecular flexibility index (Phi) is 8.29. The summed E-state index contributed by atoms with van der Waals surface area (Å²) in [5.74, 6) is 0.788. The Morgan fingerprint density at radius 2 is 2.00 bits per heavy atom. The maximum absolute atomic E-state index is 12.3. The van der Waals surface area contributed by atoms with Crippen molar-refractivity contribution in [1.82, 2.24) is 4.90 Å². The number of benzene rings is 1. The average molecular weight is 347 g/mol. The van der Waals surface area contributed by atoms with Crippen molar-refractivity contribution in [3.05, 3.63) is 23.8 Å². The zero-order chi connectivity index (χ0) is 16.2. The number of thioether (sulfide) groups is 1. The summed E-state index contributed by atoms with van der Waals surface area (Å²) in [4.78, 5) is 15.1. The van der Waals surface area contributed by atoms with Crippen molar-refractivity contribution in [3.63, 3.8) is 0 Å². The van der Waals surface area contributed by atoms with Crippen LogP contribution in [0.15, 0.2) is 23.1 Å². The van der Waals surface area contributed by atoms with Gasteiger partial charge in [-0.1, -0.05) is 26.8 Å². The van der Waals surface area contributed by atoms with E-state index in [0.29, 0.717) is 6.54 Å². The van der Waals surface area contributed by atoms with Crippen LogP contribution >= 0.6 is 24.2 Å². The minimum absolute atomic E-state index is 0. The molecule has 0 unspecified atom stereocenters.